The van der Waals surface area contributed by atoms with E-state index in [1.807, 2.05) is 0 Å². The first-order valence-corrected chi connectivity index (χ1v) is 30.2. The smallest absolute Gasteiger partial charge is 0.0542 e. The Hall–Kier alpha value is -8.98. The van der Waals surface area contributed by atoms with Gasteiger partial charge in [-0.2, -0.15) is 0 Å². The van der Waals surface area contributed by atoms with Gasteiger partial charge in [-0.15, -0.1) is 0 Å². The van der Waals surface area contributed by atoms with Crippen LogP contribution in [0.5, 0.6) is 0 Å². The number of para-hydroxylation sites is 3. The summed E-state index contributed by atoms with van der Waals surface area (Å²) in [5.74, 6) is 1.68. The minimum absolute atomic E-state index is 0.0476. The SMILES string of the molecule is c1ccc(N(c2ccc(-c3ccc4c(c3)-c3ccccc3C3CC56CC(CCC78CC(CC4(C3)C75)c3ccccc3-c3ccccc38)c3ccccc3-c3ccccc36)cc2)c2ccc3c(c2)c2ccccc2n3-c2ccccc2)cc1. The van der Waals surface area contributed by atoms with Crippen LogP contribution in [0.2, 0.25) is 0 Å². The summed E-state index contributed by atoms with van der Waals surface area (Å²) in [7, 11) is 0. The van der Waals surface area contributed by atoms with E-state index in [9.17, 15) is 0 Å². The van der Waals surface area contributed by atoms with Crippen molar-refractivity contribution in [2.45, 2.75) is 78.9 Å². The predicted molar refractivity (Wildman–Crippen MR) is 339 cm³/mol. The van der Waals surface area contributed by atoms with Crippen LogP contribution >= 0.6 is 0 Å². The molecule has 0 saturated heterocycles. The van der Waals surface area contributed by atoms with Gasteiger partial charge in [0, 0.05) is 49.8 Å². The highest BCUT2D eigenvalue weighted by Crippen LogP contribution is 2.78. The molecule has 6 bridgehead atoms. The Balaban J connectivity index is 0.829. The van der Waals surface area contributed by atoms with E-state index in [2.05, 4.69) is 276 Å². The third kappa shape index (κ3) is 6.47. The van der Waals surface area contributed by atoms with Crippen molar-refractivity contribution >= 4 is 38.9 Å². The Morgan fingerprint density at radius 2 is 0.780 bits per heavy atom. The van der Waals surface area contributed by atoms with E-state index >= 15 is 0 Å². The Morgan fingerprint density at radius 1 is 0.317 bits per heavy atom. The van der Waals surface area contributed by atoms with Crippen molar-refractivity contribution < 1.29 is 0 Å². The highest BCUT2D eigenvalue weighted by Gasteiger charge is 2.71. The fourth-order valence-electron chi connectivity index (χ4n) is 19.1. The summed E-state index contributed by atoms with van der Waals surface area (Å²) in [6.07, 6.45) is 8.30. The normalized spacial score (nSPS) is 23.9. The molecule has 0 radical (unpaired) electrons. The fourth-order valence-corrected chi connectivity index (χ4v) is 19.1. The zero-order valence-electron chi connectivity index (χ0n) is 46.1. The summed E-state index contributed by atoms with van der Waals surface area (Å²) >= 11 is 0. The van der Waals surface area contributed by atoms with Crippen molar-refractivity contribution in [3.8, 4) is 50.2 Å². The van der Waals surface area contributed by atoms with Gasteiger partial charge in [-0.05, 0) is 213 Å². The van der Waals surface area contributed by atoms with Crippen LogP contribution in [0.4, 0.5) is 17.1 Å². The van der Waals surface area contributed by atoms with Crippen molar-refractivity contribution in [3.05, 3.63) is 300 Å². The van der Waals surface area contributed by atoms with E-state index in [0.717, 1.165) is 23.5 Å². The highest BCUT2D eigenvalue weighted by molar-refractivity contribution is 6.10. The average molecular weight is 1050 g/mol. The van der Waals surface area contributed by atoms with E-state index in [4.69, 9.17) is 0 Å². The molecule has 1 heterocycles. The Labute approximate surface area is 481 Å². The summed E-state index contributed by atoms with van der Waals surface area (Å²) in [6.45, 7) is 0. The fraction of sp³-hybridized carbons (Fsp3) is 0.175. The zero-order chi connectivity index (χ0) is 53.7. The van der Waals surface area contributed by atoms with Crippen molar-refractivity contribution in [2.75, 3.05) is 4.90 Å². The topological polar surface area (TPSA) is 8.17 Å². The Bertz CT molecular complexity index is 4550. The van der Waals surface area contributed by atoms with Crippen molar-refractivity contribution in [1.82, 2.24) is 4.57 Å². The van der Waals surface area contributed by atoms with Gasteiger partial charge >= 0.3 is 0 Å². The minimum atomic E-state index is -0.115. The summed E-state index contributed by atoms with van der Waals surface area (Å²) in [5.41, 5.74) is 27.6. The third-order valence-electron chi connectivity index (χ3n) is 21.6. The van der Waals surface area contributed by atoms with Gasteiger partial charge in [-0.3, -0.25) is 0 Å². The Kier molecular flexibility index (Phi) is 9.98. The monoisotopic (exact) mass is 1050 g/mol. The lowest BCUT2D eigenvalue weighted by atomic mass is 9.36. The molecular formula is C80H62N2. The van der Waals surface area contributed by atoms with Crippen molar-refractivity contribution in [1.29, 1.82) is 0 Å². The lowest BCUT2D eigenvalue weighted by Gasteiger charge is -2.67. The first-order chi connectivity index (χ1) is 40.6. The summed E-state index contributed by atoms with van der Waals surface area (Å²) in [5, 5.41) is 2.49. The van der Waals surface area contributed by atoms with Crippen LogP contribution in [0.15, 0.2) is 267 Å². The second-order valence-corrected chi connectivity index (χ2v) is 25.3. The summed E-state index contributed by atoms with van der Waals surface area (Å²) < 4.78 is 2.40. The van der Waals surface area contributed by atoms with Crippen LogP contribution in [0.1, 0.15) is 96.1 Å². The first kappa shape index (κ1) is 46.7. The minimum Gasteiger partial charge on any atom is -0.310 e. The Morgan fingerprint density at radius 3 is 1.45 bits per heavy atom. The predicted octanol–water partition coefficient (Wildman–Crippen LogP) is 20.7. The highest BCUT2D eigenvalue weighted by atomic mass is 15.1. The summed E-state index contributed by atoms with van der Waals surface area (Å²) in [4.78, 5) is 2.43. The standard InChI is InChI=1S/C80H62N2/c1-3-19-57(20-4-1)81(60-40-42-76-71(46-60)69-31-15-18-34-75(69)82(76)58-21-5-2-6-22-58)59-38-35-52(36-39-59)53-37-41-74-70(45-53)66-28-12-9-25-63(66)56-50-79-47-54(61-23-7-10-26-64(61)68-30-14-17-33-73(68)79)43-44-78-48-55(49-80(74,51-56)77(78)79)62-24-8-11-27-65(62)67-29-13-16-32-72(67)78/h1-42,45-46,54-56,77H,43-44,47-51H2. The molecule has 82 heavy (non-hydrogen) atoms. The maximum atomic E-state index is 2.68. The lowest BCUT2D eigenvalue weighted by molar-refractivity contribution is -0.0410. The van der Waals surface area contributed by atoms with Crippen LogP contribution in [0, 0.1) is 5.92 Å². The van der Waals surface area contributed by atoms with Gasteiger partial charge in [0.2, 0.25) is 0 Å². The maximum absolute atomic E-state index is 2.68. The van der Waals surface area contributed by atoms with Gasteiger partial charge in [-0.1, -0.05) is 200 Å². The van der Waals surface area contributed by atoms with Crippen LogP contribution in [0.25, 0.3) is 72.0 Å². The van der Waals surface area contributed by atoms with Gasteiger partial charge in [0.05, 0.1) is 11.0 Å². The second kappa shape index (κ2) is 17.5. The van der Waals surface area contributed by atoms with Gasteiger partial charge in [0.25, 0.3) is 0 Å². The number of aromatic nitrogens is 1. The molecule has 0 N–H and O–H groups in total. The van der Waals surface area contributed by atoms with Crippen LogP contribution in [0.3, 0.4) is 0 Å². The van der Waals surface area contributed by atoms with Crippen LogP contribution in [-0.4, -0.2) is 4.57 Å². The van der Waals surface area contributed by atoms with E-state index in [0.29, 0.717) is 23.7 Å². The molecule has 392 valence electrons. The van der Waals surface area contributed by atoms with Gasteiger partial charge < -0.3 is 9.47 Å². The van der Waals surface area contributed by atoms with E-state index in [-0.39, 0.29) is 16.2 Å². The number of hydrogen-bond acceptors (Lipinski definition) is 1. The molecule has 6 aliphatic carbocycles. The molecule has 3 saturated carbocycles. The molecule has 11 aromatic carbocycles. The van der Waals surface area contributed by atoms with Crippen LogP contribution in [-0.2, 0) is 16.2 Å². The van der Waals surface area contributed by atoms with E-state index in [1.165, 1.54) is 111 Å². The average Bonchev–Trinajstić information content (AvgIpc) is 1.68. The number of rotatable bonds is 5. The second-order valence-electron chi connectivity index (χ2n) is 25.3. The number of anilines is 3. The van der Waals surface area contributed by atoms with Gasteiger partial charge in [-0.25, -0.2) is 0 Å². The molecule has 1 aromatic heterocycles. The van der Waals surface area contributed by atoms with Crippen molar-refractivity contribution in [2.24, 2.45) is 5.92 Å². The van der Waals surface area contributed by atoms with Crippen molar-refractivity contribution in [3.63, 3.8) is 0 Å². The summed E-state index contributed by atoms with van der Waals surface area (Å²) in [6, 6.07) is 103. The third-order valence-corrected chi connectivity index (χ3v) is 21.6. The molecule has 2 nitrogen and oxygen atoms in total. The van der Waals surface area contributed by atoms with Gasteiger partial charge in [0.1, 0.15) is 0 Å². The zero-order valence-corrected chi connectivity index (χ0v) is 46.1. The molecular weight excluding hydrogens is 989 g/mol. The van der Waals surface area contributed by atoms with Gasteiger partial charge in [0.15, 0.2) is 0 Å². The number of nitrogens with zero attached hydrogens (tertiary/aromatic N) is 2. The maximum Gasteiger partial charge on any atom is 0.0542 e. The van der Waals surface area contributed by atoms with Crippen LogP contribution < -0.4 is 4.90 Å². The molecule has 2 heteroatoms. The molecule has 3 fully saturated rings. The number of benzene rings is 11. The lowest BCUT2D eigenvalue weighted by Crippen LogP contribution is -2.64. The molecule has 12 aromatic rings. The molecule has 18 rings (SSSR count). The molecule has 7 atom stereocenters. The number of hydrogen-bond donors (Lipinski definition) is 0. The molecule has 0 aliphatic heterocycles. The molecule has 6 aliphatic rings. The molecule has 0 amide bonds. The quantitative estimate of drug-likeness (QED) is 0.167. The van der Waals surface area contributed by atoms with E-state index < -0.39 is 0 Å². The molecule has 7 unspecified atom stereocenters. The molecule has 3 spiro atoms. The number of fused-ring (bicyclic) bond motifs is 18. The largest absolute Gasteiger partial charge is 0.310 e. The first-order valence-electron chi connectivity index (χ1n) is 30.2. The van der Waals surface area contributed by atoms with E-state index in [1.54, 1.807) is 33.4 Å².